The summed E-state index contributed by atoms with van der Waals surface area (Å²) >= 11 is 14.0. The fraction of sp³-hybridized carbons (Fsp3) is 0.231. The average Bonchev–Trinajstić information content (AvgIpc) is 2.85. The predicted octanol–water partition coefficient (Wildman–Crippen LogP) is 3.67. The van der Waals surface area contributed by atoms with Crippen LogP contribution in [0.1, 0.15) is 11.1 Å². The molecule has 0 radical (unpaired) electrons. The SMILES string of the molecule is NNC(Cc1ccsc1)Cc1c(Cl)cccc1Cl. The molecule has 3 N–H and O–H groups in total. The van der Waals surface area contributed by atoms with E-state index < -0.39 is 0 Å². The van der Waals surface area contributed by atoms with Gasteiger partial charge in [-0.3, -0.25) is 11.3 Å². The second-order valence-electron chi connectivity index (χ2n) is 4.10. The number of hydrogen-bond donors (Lipinski definition) is 2. The lowest BCUT2D eigenvalue weighted by Gasteiger charge is -2.17. The molecule has 5 heteroatoms. The van der Waals surface area contributed by atoms with E-state index >= 15 is 0 Å². The largest absolute Gasteiger partial charge is 0.271 e. The van der Waals surface area contributed by atoms with E-state index in [2.05, 4.69) is 22.3 Å². The molecule has 0 bridgehead atoms. The Morgan fingerprint density at radius 1 is 1.17 bits per heavy atom. The van der Waals surface area contributed by atoms with Crippen LogP contribution in [0.4, 0.5) is 0 Å². The maximum Gasteiger partial charge on any atom is 0.0453 e. The Morgan fingerprint density at radius 3 is 2.44 bits per heavy atom. The lowest BCUT2D eigenvalue weighted by molar-refractivity contribution is 0.523. The van der Waals surface area contributed by atoms with Crippen molar-refractivity contribution in [1.29, 1.82) is 0 Å². The Kier molecular flexibility index (Phi) is 5.03. The van der Waals surface area contributed by atoms with Crippen molar-refractivity contribution in [3.63, 3.8) is 0 Å². The average molecular weight is 301 g/mol. The van der Waals surface area contributed by atoms with Crippen molar-refractivity contribution in [2.24, 2.45) is 5.84 Å². The third kappa shape index (κ3) is 3.46. The molecule has 0 fully saturated rings. The number of thiophene rings is 1. The molecular formula is C13H14Cl2N2S. The van der Waals surface area contributed by atoms with E-state index in [0.717, 1.165) is 12.0 Å². The van der Waals surface area contributed by atoms with Crippen molar-refractivity contribution in [3.8, 4) is 0 Å². The summed E-state index contributed by atoms with van der Waals surface area (Å²) in [6, 6.07) is 7.76. The van der Waals surface area contributed by atoms with Crippen LogP contribution in [0.5, 0.6) is 0 Å². The van der Waals surface area contributed by atoms with Crippen molar-refractivity contribution in [3.05, 3.63) is 56.2 Å². The van der Waals surface area contributed by atoms with Gasteiger partial charge in [0, 0.05) is 16.1 Å². The van der Waals surface area contributed by atoms with Crippen LogP contribution in [0.15, 0.2) is 35.0 Å². The Morgan fingerprint density at radius 2 is 1.89 bits per heavy atom. The minimum atomic E-state index is 0.122. The van der Waals surface area contributed by atoms with E-state index in [9.17, 15) is 0 Å². The van der Waals surface area contributed by atoms with Crippen LogP contribution < -0.4 is 11.3 Å². The molecule has 1 unspecified atom stereocenters. The quantitative estimate of drug-likeness (QED) is 0.653. The third-order valence-electron chi connectivity index (χ3n) is 2.81. The lowest BCUT2D eigenvalue weighted by atomic mass is 10.0. The van der Waals surface area contributed by atoms with E-state index in [-0.39, 0.29) is 6.04 Å². The molecular weight excluding hydrogens is 287 g/mol. The van der Waals surface area contributed by atoms with Gasteiger partial charge in [-0.15, -0.1) is 0 Å². The van der Waals surface area contributed by atoms with Gasteiger partial charge in [-0.05, 0) is 52.9 Å². The van der Waals surface area contributed by atoms with E-state index in [4.69, 9.17) is 29.0 Å². The standard InChI is InChI=1S/C13H14Cl2N2S/c14-12-2-1-3-13(15)11(12)7-10(17-16)6-9-4-5-18-8-9/h1-5,8,10,17H,6-7,16H2. The molecule has 0 amide bonds. The van der Waals surface area contributed by atoms with Crippen molar-refractivity contribution in [2.75, 3.05) is 0 Å². The van der Waals surface area contributed by atoms with Crippen LogP contribution in [0, 0.1) is 0 Å². The minimum absolute atomic E-state index is 0.122. The second-order valence-corrected chi connectivity index (χ2v) is 5.70. The maximum atomic E-state index is 6.16. The fourth-order valence-electron chi connectivity index (χ4n) is 1.86. The Labute approximate surface area is 121 Å². The predicted molar refractivity (Wildman–Crippen MR) is 79.3 cm³/mol. The summed E-state index contributed by atoms with van der Waals surface area (Å²) in [7, 11) is 0. The molecule has 2 rings (SSSR count). The van der Waals surface area contributed by atoms with Crippen LogP contribution in [-0.2, 0) is 12.8 Å². The monoisotopic (exact) mass is 300 g/mol. The second kappa shape index (κ2) is 6.55. The first-order valence-corrected chi connectivity index (χ1v) is 7.30. The van der Waals surface area contributed by atoms with Crippen LogP contribution in [0.3, 0.4) is 0 Å². The smallest absolute Gasteiger partial charge is 0.0453 e. The summed E-state index contributed by atoms with van der Waals surface area (Å²) in [5.41, 5.74) is 5.04. The highest BCUT2D eigenvalue weighted by molar-refractivity contribution is 7.07. The van der Waals surface area contributed by atoms with Crippen molar-refractivity contribution in [2.45, 2.75) is 18.9 Å². The molecule has 2 aromatic rings. The van der Waals surface area contributed by atoms with Gasteiger partial charge in [-0.2, -0.15) is 11.3 Å². The molecule has 0 aliphatic carbocycles. The summed E-state index contributed by atoms with van der Waals surface area (Å²) in [4.78, 5) is 0. The number of rotatable bonds is 5. The molecule has 0 saturated heterocycles. The highest BCUT2D eigenvalue weighted by atomic mass is 35.5. The maximum absolute atomic E-state index is 6.16. The van der Waals surface area contributed by atoms with Gasteiger partial charge in [0.25, 0.3) is 0 Å². The van der Waals surface area contributed by atoms with Crippen LogP contribution in [-0.4, -0.2) is 6.04 Å². The highest BCUT2D eigenvalue weighted by Gasteiger charge is 2.13. The summed E-state index contributed by atoms with van der Waals surface area (Å²) in [6.45, 7) is 0. The van der Waals surface area contributed by atoms with Gasteiger partial charge >= 0.3 is 0 Å². The first-order chi connectivity index (χ1) is 8.70. The first-order valence-electron chi connectivity index (χ1n) is 5.61. The molecule has 1 atom stereocenters. The summed E-state index contributed by atoms with van der Waals surface area (Å²) in [5, 5.41) is 5.56. The Balaban J connectivity index is 2.10. The van der Waals surface area contributed by atoms with Crippen LogP contribution >= 0.6 is 34.5 Å². The zero-order chi connectivity index (χ0) is 13.0. The zero-order valence-electron chi connectivity index (χ0n) is 9.70. The van der Waals surface area contributed by atoms with Gasteiger partial charge in [0.15, 0.2) is 0 Å². The summed E-state index contributed by atoms with van der Waals surface area (Å²) in [5.74, 6) is 5.60. The van der Waals surface area contributed by atoms with Gasteiger partial charge in [-0.25, -0.2) is 0 Å². The number of hydrazine groups is 1. The Hall–Kier alpha value is -0.580. The van der Waals surface area contributed by atoms with E-state index in [1.165, 1.54) is 5.56 Å². The summed E-state index contributed by atoms with van der Waals surface area (Å²) < 4.78 is 0. The molecule has 0 spiro atoms. The van der Waals surface area contributed by atoms with Gasteiger partial charge < -0.3 is 0 Å². The molecule has 0 aliphatic heterocycles. The number of hydrogen-bond acceptors (Lipinski definition) is 3. The number of halogens is 2. The molecule has 2 nitrogen and oxygen atoms in total. The zero-order valence-corrected chi connectivity index (χ0v) is 12.0. The van der Waals surface area contributed by atoms with E-state index in [0.29, 0.717) is 16.5 Å². The summed E-state index contributed by atoms with van der Waals surface area (Å²) in [6.07, 6.45) is 1.58. The van der Waals surface area contributed by atoms with E-state index in [1.54, 1.807) is 11.3 Å². The molecule has 18 heavy (non-hydrogen) atoms. The molecule has 96 valence electrons. The molecule has 0 saturated carbocycles. The highest BCUT2D eigenvalue weighted by Crippen LogP contribution is 2.26. The fourth-order valence-corrected chi connectivity index (χ4v) is 3.09. The van der Waals surface area contributed by atoms with E-state index in [1.807, 2.05) is 18.2 Å². The van der Waals surface area contributed by atoms with Crippen LogP contribution in [0.2, 0.25) is 10.0 Å². The van der Waals surface area contributed by atoms with Crippen molar-refractivity contribution < 1.29 is 0 Å². The molecule has 1 aromatic heterocycles. The van der Waals surface area contributed by atoms with Crippen molar-refractivity contribution >= 4 is 34.5 Å². The van der Waals surface area contributed by atoms with Crippen molar-refractivity contribution in [1.82, 2.24) is 5.43 Å². The van der Waals surface area contributed by atoms with Gasteiger partial charge in [0.2, 0.25) is 0 Å². The van der Waals surface area contributed by atoms with Gasteiger partial charge in [0.05, 0.1) is 0 Å². The van der Waals surface area contributed by atoms with Crippen LogP contribution in [0.25, 0.3) is 0 Å². The number of nitrogens with one attached hydrogen (secondary N) is 1. The first kappa shape index (κ1) is 13.8. The Bertz CT molecular complexity index is 479. The van der Waals surface area contributed by atoms with Gasteiger partial charge in [0.1, 0.15) is 0 Å². The van der Waals surface area contributed by atoms with Gasteiger partial charge in [-0.1, -0.05) is 29.3 Å². The number of nitrogens with two attached hydrogens (primary N) is 1. The number of benzene rings is 1. The minimum Gasteiger partial charge on any atom is -0.271 e. The molecule has 1 heterocycles. The molecule has 0 aliphatic rings. The normalized spacial score (nSPS) is 12.6. The lowest BCUT2D eigenvalue weighted by Crippen LogP contribution is -2.38. The molecule has 1 aromatic carbocycles. The third-order valence-corrected chi connectivity index (χ3v) is 4.25. The topological polar surface area (TPSA) is 38.0 Å².